The molecule has 1 aliphatic heterocycles. The van der Waals surface area contributed by atoms with Gasteiger partial charge in [0.25, 0.3) is 0 Å². The number of hydrogen-bond acceptors (Lipinski definition) is 4. The molecule has 0 saturated carbocycles. The summed E-state index contributed by atoms with van der Waals surface area (Å²) in [4.78, 5) is 0. The van der Waals surface area contributed by atoms with Crippen LogP contribution in [-0.2, 0) is 10.0 Å². The van der Waals surface area contributed by atoms with Crippen LogP contribution in [0.25, 0.3) is 0 Å². The van der Waals surface area contributed by atoms with Gasteiger partial charge in [0.15, 0.2) is 5.75 Å². The molecule has 1 aliphatic rings. The summed E-state index contributed by atoms with van der Waals surface area (Å²) < 4.78 is 25.0. The van der Waals surface area contributed by atoms with Crippen LogP contribution in [0.1, 0.15) is 19.8 Å². The first kappa shape index (κ1) is 12.4. The molecule has 2 N–H and O–H groups in total. The Labute approximate surface area is 90.9 Å². The molecule has 0 bridgehead atoms. The molecular weight excluding hydrogens is 214 g/mol. The maximum absolute atomic E-state index is 11.3. The number of hydrogen-bond donors (Lipinski definition) is 2. The molecular formula is C9H17N3O2S. The SMILES string of the molecule is CC1(CNS(=O)(=O)CC#N)CCNCC1. The summed E-state index contributed by atoms with van der Waals surface area (Å²) in [5.74, 6) is -0.457. The van der Waals surface area contributed by atoms with E-state index in [2.05, 4.69) is 17.0 Å². The van der Waals surface area contributed by atoms with Crippen molar-refractivity contribution in [3.05, 3.63) is 0 Å². The van der Waals surface area contributed by atoms with Gasteiger partial charge in [-0.2, -0.15) is 5.26 Å². The highest BCUT2D eigenvalue weighted by molar-refractivity contribution is 7.89. The second-order valence-corrected chi connectivity index (χ2v) is 6.11. The molecule has 0 unspecified atom stereocenters. The van der Waals surface area contributed by atoms with Gasteiger partial charge in [-0.05, 0) is 31.3 Å². The zero-order valence-corrected chi connectivity index (χ0v) is 9.73. The lowest BCUT2D eigenvalue weighted by molar-refractivity contribution is 0.232. The lowest BCUT2D eigenvalue weighted by atomic mass is 9.81. The minimum atomic E-state index is -3.40. The molecule has 1 saturated heterocycles. The summed E-state index contributed by atoms with van der Waals surface area (Å²) >= 11 is 0. The fourth-order valence-corrected chi connectivity index (χ4v) is 2.47. The summed E-state index contributed by atoms with van der Waals surface area (Å²) in [7, 11) is -3.40. The molecule has 5 nitrogen and oxygen atoms in total. The van der Waals surface area contributed by atoms with Gasteiger partial charge in [-0.3, -0.25) is 0 Å². The highest BCUT2D eigenvalue weighted by Gasteiger charge is 2.27. The van der Waals surface area contributed by atoms with Crippen molar-refractivity contribution < 1.29 is 8.42 Å². The Morgan fingerprint density at radius 2 is 2.07 bits per heavy atom. The van der Waals surface area contributed by atoms with Crippen LogP contribution >= 0.6 is 0 Å². The molecule has 0 aromatic carbocycles. The van der Waals surface area contributed by atoms with Crippen molar-refractivity contribution >= 4 is 10.0 Å². The zero-order chi connectivity index (χ0) is 11.4. The van der Waals surface area contributed by atoms with Crippen molar-refractivity contribution in [1.82, 2.24) is 10.0 Å². The molecule has 1 fully saturated rings. The standard InChI is InChI=1S/C9H17N3O2S/c1-9(2-5-11-6-3-9)8-12-15(13,14)7-4-10/h11-12H,2-3,5-8H2,1H3. The Hall–Kier alpha value is -0.640. The first-order valence-electron chi connectivity index (χ1n) is 5.02. The predicted molar refractivity (Wildman–Crippen MR) is 57.6 cm³/mol. The first-order valence-corrected chi connectivity index (χ1v) is 6.68. The van der Waals surface area contributed by atoms with E-state index in [4.69, 9.17) is 5.26 Å². The maximum atomic E-state index is 11.3. The highest BCUT2D eigenvalue weighted by atomic mass is 32.2. The van der Waals surface area contributed by atoms with Crippen molar-refractivity contribution in [3.8, 4) is 6.07 Å². The molecule has 1 heterocycles. The average Bonchev–Trinajstić information content (AvgIpc) is 2.17. The lowest BCUT2D eigenvalue weighted by Crippen LogP contribution is -2.43. The molecule has 86 valence electrons. The summed E-state index contributed by atoms with van der Waals surface area (Å²) in [6.45, 7) is 4.36. The second kappa shape index (κ2) is 4.92. The second-order valence-electron chi connectivity index (χ2n) is 4.30. The summed E-state index contributed by atoms with van der Waals surface area (Å²) in [5, 5.41) is 11.6. The Balaban J connectivity index is 2.45. The third kappa shape index (κ3) is 4.16. The maximum Gasteiger partial charge on any atom is 0.225 e. The molecule has 0 atom stereocenters. The van der Waals surface area contributed by atoms with Crippen LogP contribution in [0.5, 0.6) is 0 Å². The predicted octanol–water partition coefficient (Wildman–Crippen LogP) is -0.181. The topological polar surface area (TPSA) is 82.0 Å². The van der Waals surface area contributed by atoms with Gasteiger partial charge in [0, 0.05) is 6.54 Å². The van der Waals surface area contributed by atoms with Gasteiger partial charge in [-0.1, -0.05) is 6.92 Å². The zero-order valence-electron chi connectivity index (χ0n) is 8.91. The van der Waals surface area contributed by atoms with Crippen molar-refractivity contribution in [1.29, 1.82) is 5.26 Å². The molecule has 0 aromatic heterocycles. The normalized spacial score (nSPS) is 20.8. The summed E-state index contributed by atoms with van der Waals surface area (Å²) in [6.07, 6.45) is 1.92. The molecule has 6 heteroatoms. The minimum absolute atomic E-state index is 0.0216. The van der Waals surface area contributed by atoms with Gasteiger partial charge in [-0.25, -0.2) is 13.1 Å². The highest BCUT2D eigenvalue weighted by Crippen LogP contribution is 2.26. The first-order chi connectivity index (χ1) is 6.97. The number of piperidine rings is 1. The van der Waals surface area contributed by atoms with E-state index in [9.17, 15) is 8.42 Å². The fraction of sp³-hybridized carbons (Fsp3) is 0.889. The fourth-order valence-electron chi connectivity index (χ4n) is 1.63. The van der Waals surface area contributed by atoms with E-state index >= 15 is 0 Å². The number of nitrogens with zero attached hydrogens (tertiary/aromatic N) is 1. The van der Waals surface area contributed by atoms with Crippen molar-refractivity contribution in [2.45, 2.75) is 19.8 Å². The van der Waals surface area contributed by atoms with Crippen LogP contribution in [0, 0.1) is 16.7 Å². The molecule has 1 rings (SSSR count). The van der Waals surface area contributed by atoms with E-state index in [-0.39, 0.29) is 5.41 Å². The molecule has 0 aromatic rings. The molecule has 0 radical (unpaired) electrons. The van der Waals surface area contributed by atoms with Gasteiger partial charge in [0.2, 0.25) is 10.0 Å². The van der Waals surface area contributed by atoms with Gasteiger partial charge in [0.1, 0.15) is 0 Å². The van der Waals surface area contributed by atoms with E-state index in [0.717, 1.165) is 25.9 Å². The van der Waals surface area contributed by atoms with Gasteiger partial charge in [-0.15, -0.1) is 0 Å². The summed E-state index contributed by atoms with van der Waals surface area (Å²) in [5.41, 5.74) is 0.0216. The van der Waals surface area contributed by atoms with Crippen LogP contribution in [0.15, 0.2) is 0 Å². The lowest BCUT2D eigenvalue weighted by Gasteiger charge is -2.33. The van der Waals surface area contributed by atoms with Crippen molar-refractivity contribution in [3.63, 3.8) is 0 Å². The third-order valence-electron chi connectivity index (χ3n) is 2.78. The smallest absolute Gasteiger partial charge is 0.225 e. The molecule has 0 amide bonds. The van der Waals surface area contributed by atoms with Crippen molar-refractivity contribution in [2.75, 3.05) is 25.4 Å². The monoisotopic (exact) mass is 231 g/mol. The van der Waals surface area contributed by atoms with E-state index in [1.54, 1.807) is 6.07 Å². The van der Waals surface area contributed by atoms with Crippen LogP contribution in [-0.4, -0.2) is 33.8 Å². The number of sulfonamides is 1. The molecule has 0 spiro atoms. The van der Waals surface area contributed by atoms with E-state index < -0.39 is 15.8 Å². The Bertz CT molecular complexity index is 339. The molecule has 15 heavy (non-hydrogen) atoms. The van der Waals surface area contributed by atoms with Gasteiger partial charge in [0.05, 0.1) is 6.07 Å². The van der Waals surface area contributed by atoms with Crippen LogP contribution in [0.4, 0.5) is 0 Å². The number of nitrogens with one attached hydrogen (secondary N) is 2. The molecule has 0 aliphatic carbocycles. The Kier molecular flexibility index (Phi) is 4.08. The largest absolute Gasteiger partial charge is 0.317 e. The number of nitriles is 1. The minimum Gasteiger partial charge on any atom is -0.317 e. The number of rotatable bonds is 4. The van der Waals surface area contributed by atoms with E-state index in [0.29, 0.717) is 6.54 Å². The van der Waals surface area contributed by atoms with Crippen LogP contribution < -0.4 is 10.0 Å². The van der Waals surface area contributed by atoms with E-state index in [1.807, 2.05) is 0 Å². The average molecular weight is 231 g/mol. The van der Waals surface area contributed by atoms with Gasteiger partial charge < -0.3 is 5.32 Å². The quantitative estimate of drug-likeness (QED) is 0.703. The van der Waals surface area contributed by atoms with E-state index in [1.165, 1.54) is 0 Å². The Morgan fingerprint density at radius 3 is 2.60 bits per heavy atom. The van der Waals surface area contributed by atoms with Crippen LogP contribution in [0.2, 0.25) is 0 Å². The van der Waals surface area contributed by atoms with Crippen LogP contribution in [0.3, 0.4) is 0 Å². The summed E-state index contributed by atoms with van der Waals surface area (Å²) in [6, 6.07) is 1.65. The van der Waals surface area contributed by atoms with Gasteiger partial charge >= 0.3 is 0 Å². The van der Waals surface area contributed by atoms with Crippen molar-refractivity contribution in [2.24, 2.45) is 5.41 Å². The Morgan fingerprint density at radius 1 is 1.47 bits per heavy atom. The third-order valence-corrected chi connectivity index (χ3v) is 3.88.